The smallest absolute Gasteiger partial charge is 0.261 e. The van der Waals surface area contributed by atoms with Crippen LogP contribution in [0.2, 0.25) is 0 Å². The first-order valence-corrected chi connectivity index (χ1v) is 7.82. The minimum Gasteiger partial charge on any atom is -0.396 e. The Morgan fingerprint density at radius 3 is 2.80 bits per heavy atom. The van der Waals surface area contributed by atoms with Crippen LogP contribution in [-0.4, -0.2) is 47.6 Å². The molecule has 5 nitrogen and oxygen atoms in total. The molecule has 110 valence electrons. The number of aliphatic hydroxyl groups is 1. The van der Waals surface area contributed by atoms with Crippen molar-refractivity contribution in [3.63, 3.8) is 0 Å². The largest absolute Gasteiger partial charge is 0.396 e. The first-order valence-electron chi connectivity index (χ1n) is 6.94. The monoisotopic (exact) mass is 296 g/mol. The molecule has 0 aromatic carbocycles. The number of carbonyl (C=O) groups excluding carboxylic acids is 2. The highest BCUT2D eigenvalue weighted by Crippen LogP contribution is 2.24. The van der Waals surface area contributed by atoms with E-state index in [0.717, 1.165) is 19.3 Å². The summed E-state index contributed by atoms with van der Waals surface area (Å²) in [6.45, 7) is 0.672. The van der Waals surface area contributed by atoms with Crippen molar-refractivity contribution in [2.24, 2.45) is 0 Å². The number of nitrogens with one attached hydrogen (secondary N) is 1. The van der Waals surface area contributed by atoms with Gasteiger partial charge in [0.25, 0.3) is 5.91 Å². The molecule has 1 aliphatic rings. The number of nitrogens with zero attached hydrogens (tertiary/aromatic N) is 1. The average Bonchev–Trinajstić information content (AvgIpc) is 2.92. The van der Waals surface area contributed by atoms with E-state index in [1.807, 2.05) is 11.4 Å². The maximum atomic E-state index is 12.2. The second-order valence-corrected chi connectivity index (χ2v) is 5.86. The van der Waals surface area contributed by atoms with E-state index in [4.69, 9.17) is 5.11 Å². The molecule has 0 unspecified atom stereocenters. The van der Waals surface area contributed by atoms with E-state index in [-0.39, 0.29) is 31.0 Å². The third-order valence-electron chi connectivity index (χ3n) is 3.54. The van der Waals surface area contributed by atoms with Gasteiger partial charge in [-0.25, -0.2) is 0 Å². The third kappa shape index (κ3) is 3.80. The highest BCUT2D eigenvalue weighted by Gasteiger charge is 2.28. The number of thiophene rings is 1. The maximum absolute atomic E-state index is 12.2. The molecule has 0 aliphatic heterocycles. The first-order chi connectivity index (χ1) is 9.72. The molecule has 0 spiro atoms. The topological polar surface area (TPSA) is 69.6 Å². The number of hydrogen-bond acceptors (Lipinski definition) is 4. The Hall–Kier alpha value is -1.40. The molecule has 2 rings (SSSR count). The minimum absolute atomic E-state index is 0.0265. The maximum Gasteiger partial charge on any atom is 0.261 e. The Labute approximate surface area is 122 Å². The van der Waals surface area contributed by atoms with Crippen LogP contribution in [0.3, 0.4) is 0 Å². The van der Waals surface area contributed by atoms with Crippen LogP contribution in [-0.2, 0) is 4.79 Å². The van der Waals surface area contributed by atoms with Crippen molar-refractivity contribution >= 4 is 23.2 Å². The third-order valence-corrected chi connectivity index (χ3v) is 4.41. The van der Waals surface area contributed by atoms with Crippen LogP contribution in [0.15, 0.2) is 17.5 Å². The van der Waals surface area contributed by atoms with E-state index < -0.39 is 0 Å². The van der Waals surface area contributed by atoms with Gasteiger partial charge in [0.15, 0.2) is 0 Å². The van der Waals surface area contributed by atoms with Crippen LogP contribution in [0.5, 0.6) is 0 Å². The average molecular weight is 296 g/mol. The molecule has 1 fully saturated rings. The van der Waals surface area contributed by atoms with Gasteiger partial charge >= 0.3 is 0 Å². The van der Waals surface area contributed by atoms with Crippen molar-refractivity contribution < 1.29 is 14.7 Å². The summed E-state index contributed by atoms with van der Waals surface area (Å²) >= 11 is 1.36. The fourth-order valence-corrected chi connectivity index (χ4v) is 2.84. The molecule has 2 N–H and O–H groups in total. The van der Waals surface area contributed by atoms with Crippen molar-refractivity contribution in [2.75, 3.05) is 19.7 Å². The quantitative estimate of drug-likeness (QED) is 0.795. The van der Waals surface area contributed by atoms with Gasteiger partial charge in [0.2, 0.25) is 5.91 Å². The highest BCUT2D eigenvalue weighted by atomic mass is 32.1. The van der Waals surface area contributed by atoms with Gasteiger partial charge in [0.05, 0.1) is 11.4 Å². The second kappa shape index (κ2) is 7.40. The van der Waals surface area contributed by atoms with Gasteiger partial charge in [0, 0.05) is 19.2 Å². The molecule has 1 aromatic rings. The Kier molecular flexibility index (Phi) is 5.55. The van der Waals surface area contributed by atoms with Crippen LogP contribution >= 0.6 is 11.3 Å². The molecule has 0 radical (unpaired) electrons. The summed E-state index contributed by atoms with van der Waals surface area (Å²) in [7, 11) is 0. The van der Waals surface area contributed by atoms with Crippen molar-refractivity contribution in [2.45, 2.75) is 31.7 Å². The van der Waals surface area contributed by atoms with Crippen LogP contribution < -0.4 is 5.32 Å². The Morgan fingerprint density at radius 2 is 2.25 bits per heavy atom. The van der Waals surface area contributed by atoms with E-state index >= 15 is 0 Å². The van der Waals surface area contributed by atoms with E-state index in [9.17, 15) is 9.59 Å². The molecule has 0 atom stereocenters. The lowest BCUT2D eigenvalue weighted by molar-refractivity contribution is -0.134. The van der Waals surface area contributed by atoms with Gasteiger partial charge in [-0.15, -0.1) is 11.3 Å². The lowest BCUT2D eigenvalue weighted by Crippen LogP contribution is -2.48. The van der Waals surface area contributed by atoms with Gasteiger partial charge in [-0.05, 0) is 37.1 Å². The summed E-state index contributed by atoms with van der Waals surface area (Å²) in [5.41, 5.74) is 0. The van der Waals surface area contributed by atoms with Crippen LogP contribution in [0.4, 0.5) is 0 Å². The number of carbonyl (C=O) groups is 2. The Morgan fingerprint density at radius 1 is 1.45 bits per heavy atom. The minimum atomic E-state index is -0.205. The SMILES string of the molecule is O=C(NCC(=O)N(CCCO)C1CCC1)c1cccs1. The predicted molar refractivity (Wildman–Crippen MR) is 77.7 cm³/mol. The van der Waals surface area contributed by atoms with E-state index in [2.05, 4.69) is 5.32 Å². The Balaban J connectivity index is 1.83. The predicted octanol–water partition coefficient (Wildman–Crippen LogP) is 1.24. The first kappa shape index (κ1) is 15.0. The van der Waals surface area contributed by atoms with Crippen molar-refractivity contribution in [3.8, 4) is 0 Å². The zero-order chi connectivity index (χ0) is 14.4. The Bertz CT molecular complexity index is 443. The summed E-state index contributed by atoms with van der Waals surface area (Å²) in [6, 6.07) is 3.83. The van der Waals surface area contributed by atoms with Crippen molar-refractivity contribution in [3.05, 3.63) is 22.4 Å². The zero-order valence-electron chi connectivity index (χ0n) is 11.4. The van der Waals surface area contributed by atoms with Gasteiger partial charge in [0.1, 0.15) is 0 Å². The lowest BCUT2D eigenvalue weighted by atomic mass is 9.91. The summed E-state index contributed by atoms with van der Waals surface area (Å²) in [4.78, 5) is 26.4. The molecule has 1 aliphatic carbocycles. The molecule has 1 aromatic heterocycles. The number of rotatable bonds is 7. The molecule has 2 amide bonds. The summed E-state index contributed by atoms with van der Waals surface area (Å²) in [5.74, 6) is -0.267. The van der Waals surface area contributed by atoms with Crippen LogP contribution in [0.1, 0.15) is 35.4 Å². The molecule has 1 saturated carbocycles. The second-order valence-electron chi connectivity index (χ2n) is 4.91. The molecule has 1 heterocycles. The van der Waals surface area contributed by atoms with Gasteiger partial charge in [-0.3, -0.25) is 9.59 Å². The van der Waals surface area contributed by atoms with Crippen molar-refractivity contribution in [1.82, 2.24) is 10.2 Å². The van der Waals surface area contributed by atoms with Crippen LogP contribution in [0, 0.1) is 0 Å². The molecule has 0 bridgehead atoms. The summed E-state index contributed by atoms with van der Waals surface area (Å²) < 4.78 is 0. The number of amides is 2. The van der Waals surface area contributed by atoms with E-state index in [0.29, 0.717) is 17.8 Å². The molecule has 0 saturated heterocycles. The standard InChI is InChI=1S/C14H20N2O3S/c17-8-3-7-16(11-4-1-5-11)13(18)10-15-14(19)12-6-2-9-20-12/h2,6,9,11,17H,1,3-5,7-8,10H2,(H,15,19). The number of hydrogen-bond donors (Lipinski definition) is 2. The molecule has 20 heavy (non-hydrogen) atoms. The van der Waals surface area contributed by atoms with E-state index in [1.165, 1.54) is 11.3 Å². The molecular weight excluding hydrogens is 276 g/mol. The zero-order valence-corrected chi connectivity index (χ0v) is 12.2. The molecular formula is C14H20N2O3S. The summed E-state index contributed by atoms with van der Waals surface area (Å²) in [5, 5.41) is 13.4. The highest BCUT2D eigenvalue weighted by molar-refractivity contribution is 7.12. The summed E-state index contributed by atoms with van der Waals surface area (Å²) in [6.07, 6.45) is 3.78. The van der Waals surface area contributed by atoms with Crippen LogP contribution in [0.25, 0.3) is 0 Å². The van der Waals surface area contributed by atoms with Gasteiger partial charge < -0.3 is 15.3 Å². The fraction of sp³-hybridized carbons (Fsp3) is 0.571. The van der Waals surface area contributed by atoms with Gasteiger partial charge in [-0.2, -0.15) is 0 Å². The van der Waals surface area contributed by atoms with Gasteiger partial charge in [-0.1, -0.05) is 6.07 Å². The fourth-order valence-electron chi connectivity index (χ4n) is 2.20. The molecule has 6 heteroatoms. The normalized spacial score (nSPS) is 14.7. The number of aliphatic hydroxyl groups excluding tert-OH is 1. The lowest BCUT2D eigenvalue weighted by Gasteiger charge is -2.37. The van der Waals surface area contributed by atoms with Crippen molar-refractivity contribution in [1.29, 1.82) is 0 Å². The van der Waals surface area contributed by atoms with E-state index in [1.54, 1.807) is 11.0 Å².